The Balaban J connectivity index is 1.78. The largest absolute Gasteiger partial charge is 0.179 e. The van der Waals surface area contributed by atoms with Crippen LogP contribution >= 0.6 is 24.4 Å². The van der Waals surface area contributed by atoms with Crippen molar-refractivity contribution in [1.29, 1.82) is 0 Å². The zero-order chi connectivity index (χ0) is 9.36. The zero-order valence-corrected chi connectivity index (χ0v) is 10.2. The van der Waals surface area contributed by atoms with Gasteiger partial charge in [-0.15, -0.1) is 0 Å². The molecule has 0 unspecified atom stereocenters. The van der Waals surface area contributed by atoms with Gasteiger partial charge in [0.25, 0.3) is 0 Å². The first-order valence-electron chi connectivity index (χ1n) is 5.66. The number of thiol groups is 1. The fourth-order valence-electron chi connectivity index (χ4n) is 1.87. The van der Waals surface area contributed by atoms with Crippen LogP contribution in [0, 0.1) is 0 Å². The van der Waals surface area contributed by atoms with E-state index in [0.29, 0.717) is 0 Å². The summed E-state index contributed by atoms with van der Waals surface area (Å²) in [6.07, 6.45) is 11.5. The molecule has 0 spiro atoms. The molecule has 78 valence electrons. The molecule has 1 aliphatic carbocycles. The van der Waals surface area contributed by atoms with Crippen molar-refractivity contribution < 1.29 is 0 Å². The highest BCUT2D eigenvalue weighted by molar-refractivity contribution is 7.99. The van der Waals surface area contributed by atoms with E-state index in [1.165, 1.54) is 57.1 Å². The Hall–Kier alpha value is 0.700. The van der Waals surface area contributed by atoms with Gasteiger partial charge < -0.3 is 0 Å². The number of unbranched alkanes of at least 4 members (excludes halogenated alkanes) is 3. The summed E-state index contributed by atoms with van der Waals surface area (Å²) in [5, 5.41) is 1.02. The zero-order valence-electron chi connectivity index (χ0n) is 8.50. The Kier molecular flexibility index (Phi) is 7.29. The fraction of sp³-hybridized carbons (Fsp3) is 1.00. The van der Waals surface area contributed by atoms with Crippen LogP contribution in [-0.2, 0) is 0 Å². The van der Waals surface area contributed by atoms with E-state index in [9.17, 15) is 0 Å². The number of rotatable bonds is 7. The molecule has 0 radical (unpaired) electrons. The highest BCUT2D eigenvalue weighted by atomic mass is 32.2. The lowest BCUT2D eigenvalue weighted by molar-refractivity contribution is 0.710. The maximum absolute atomic E-state index is 4.21. The summed E-state index contributed by atoms with van der Waals surface area (Å²) in [4.78, 5) is 0. The van der Waals surface area contributed by atoms with E-state index < -0.39 is 0 Å². The highest BCUT2D eigenvalue weighted by Gasteiger charge is 2.14. The molecular formula is C11H22S2. The van der Waals surface area contributed by atoms with Gasteiger partial charge in [-0.1, -0.05) is 25.7 Å². The van der Waals surface area contributed by atoms with Crippen LogP contribution in [0.5, 0.6) is 0 Å². The van der Waals surface area contributed by atoms with Crippen molar-refractivity contribution in [2.45, 2.75) is 56.6 Å². The van der Waals surface area contributed by atoms with Crippen LogP contribution in [0.2, 0.25) is 0 Å². The Labute approximate surface area is 92.7 Å². The van der Waals surface area contributed by atoms with Crippen LogP contribution < -0.4 is 0 Å². The minimum absolute atomic E-state index is 1.02. The second-order valence-corrected chi connectivity index (χ2v) is 5.77. The molecule has 0 aromatic rings. The molecule has 0 N–H and O–H groups in total. The first-order chi connectivity index (χ1) is 6.43. The van der Waals surface area contributed by atoms with Crippen molar-refractivity contribution in [1.82, 2.24) is 0 Å². The second kappa shape index (κ2) is 8.05. The molecule has 2 heteroatoms. The summed E-state index contributed by atoms with van der Waals surface area (Å²) < 4.78 is 0. The summed E-state index contributed by atoms with van der Waals surface area (Å²) >= 11 is 6.43. The quantitative estimate of drug-likeness (QED) is 0.495. The summed E-state index contributed by atoms with van der Waals surface area (Å²) in [6, 6.07) is 0. The lowest BCUT2D eigenvalue weighted by atomic mass is 10.2. The van der Waals surface area contributed by atoms with Crippen molar-refractivity contribution in [2.24, 2.45) is 0 Å². The standard InChI is InChI=1S/C11H22S2/c12-9-5-1-2-6-10-13-11-7-3-4-8-11/h11-12H,1-10H2. The maximum atomic E-state index is 4.21. The van der Waals surface area contributed by atoms with Gasteiger partial charge in [-0.3, -0.25) is 0 Å². The van der Waals surface area contributed by atoms with Crippen LogP contribution in [0.4, 0.5) is 0 Å². The molecule has 0 aromatic heterocycles. The molecule has 0 aliphatic heterocycles. The molecule has 1 aliphatic rings. The van der Waals surface area contributed by atoms with Crippen molar-refractivity contribution in [3.8, 4) is 0 Å². The molecule has 0 amide bonds. The molecular weight excluding hydrogens is 196 g/mol. The van der Waals surface area contributed by atoms with Gasteiger partial charge in [-0.2, -0.15) is 24.4 Å². The Morgan fingerprint density at radius 1 is 1.00 bits per heavy atom. The molecule has 0 aromatic carbocycles. The maximum Gasteiger partial charge on any atom is 0.00470 e. The first-order valence-corrected chi connectivity index (χ1v) is 7.34. The topological polar surface area (TPSA) is 0 Å². The van der Waals surface area contributed by atoms with Crippen LogP contribution in [0.25, 0.3) is 0 Å². The lowest BCUT2D eigenvalue weighted by Crippen LogP contribution is -1.95. The highest BCUT2D eigenvalue weighted by Crippen LogP contribution is 2.29. The van der Waals surface area contributed by atoms with Crippen molar-refractivity contribution in [2.75, 3.05) is 11.5 Å². The second-order valence-electron chi connectivity index (χ2n) is 3.92. The summed E-state index contributed by atoms with van der Waals surface area (Å²) in [5.74, 6) is 2.47. The number of thioether (sulfide) groups is 1. The SMILES string of the molecule is SCCCCCCSC1CCCC1. The summed E-state index contributed by atoms with van der Waals surface area (Å²) in [7, 11) is 0. The van der Waals surface area contributed by atoms with Gasteiger partial charge in [0, 0.05) is 5.25 Å². The van der Waals surface area contributed by atoms with Gasteiger partial charge in [0.2, 0.25) is 0 Å². The summed E-state index contributed by atoms with van der Waals surface area (Å²) in [6.45, 7) is 0. The molecule has 0 nitrogen and oxygen atoms in total. The Bertz CT molecular complexity index is 109. The molecule has 0 heterocycles. The molecule has 0 atom stereocenters. The average molecular weight is 218 g/mol. The lowest BCUT2D eigenvalue weighted by Gasteiger charge is -2.07. The van der Waals surface area contributed by atoms with E-state index >= 15 is 0 Å². The average Bonchev–Trinajstić information content (AvgIpc) is 2.63. The minimum atomic E-state index is 1.02. The van der Waals surface area contributed by atoms with Crippen LogP contribution in [0.3, 0.4) is 0 Å². The van der Waals surface area contributed by atoms with Crippen LogP contribution in [0.15, 0.2) is 0 Å². The Morgan fingerprint density at radius 3 is 2.38 bits per heavy atom. The van der Waals surface area contributed by atoms with Gasteiger partial charge >= 0.3 is 0 Å². The first kappa shape index (κ1) is 11.8. The number of hydrogen-bond donors (Lipinski definition) is 1. The molecule has 0 saturated heterocycles. The molecule has 0 bridgehead atoms. The predicted molar refractivity (Wildman–Crippen MR) is 67.0 cm³/mol. The van der Waals surface area contributed by atoms with Crippen molar-refractivity contribution in [3.05, 3.63) is 0 Å². The van der Waals surface area contributed by atoms with E-state index in [-0.39, 0.29) is 0 Å². The molecule has 1 fully saturated rings. The van der Waals surface area contributed by atoms with Gasteiger partial charge in [-0.25, -0.2) is 0 Å². The third kappa shape index (κ3) is 5.90. The van der Waals surface area contributed by atoms with E-state index in [2.05, 4.69) is 24.4 Å². The van der Waals surface area contributed by atoms with Gasteiger partial charge in [0.1, 0.15) is 0 Å². The van der Waals surface area contributed by atoms with E-state index in [1.807, 2.05) is 0 Å². The number of hydrogen-bond acceptors (Lipinski definition) is 2. The predicted octanol–water partition coefficient (Wildman–Crippen LogP) is 4.15. The van der Waals surface area contributed by atoms with Crippen molar-refractivity contribution in [3.63, 3.8) is 0 Å². The van der Waals surface area contributed by atoms with Crippen molar-refractivity contribution >= 4 is 24.4 Å². The van der Waals surface area contributed by atoms with Crippen LogP contribution in [0.1, 0.15) is 51.4 Å². The minimum Gasteiger partial charge on any atom is -0.179 e. The van der Waals surface area contributed by atoms with Gasteiger partial charge in [-0.05, 0) is 37.2 Å². The molecule has 13 heavy (non-hydrogen) atoms. The normalized spacial score (nSPS) is 18.2. The van der Waals surface area contributed by atoms with E-state index in [1.54, 1.807) is 0 Å². The van der Waals surface area contributed by atoms with Gasteiger partial charge in [0.15, 0.2) is 0 Å². The fourth-order valence-corrected chi connectivity index (χ4v) is 3.47. The van der Waals surface area contributed by atoms with E-state index in [0.717, 1.165) is 11.0 Å². The Morgan fingerprint density at radius 2 is 1.69 bits per heavy atom. The molecule has 1 saturated carbocycles. The third-order valence-corrected chi connectivity index (χ3v) is 4.49. The van der Waals surface area contributed by atoms with Gasteiger partial charge in [0.05, 0.1) is 0 Å². The monoisotopic (exact) mass is 218 g/mol. The summed E-state index contributed by atoms with van der Waals surface area (Å²) in [5.41, 5.74) is 0. The third-order valence-electron chi connectivity index (χ3n) is 2.71. The smallest absolute Gasteiger partial charge is 0.00470 e. The molecule has 1 rings (SSSR count). The van der Waals surface area contributed by atoms with E-state index in [4.69, 9.17) is 0 Å². The van der Waals surface area contributed by atoms with Crippen LogP contribution in [-0.4, -0.2) is 16.8 Å².